The Balaban J connectivity index is 1.27. The highest BCUT2D eigenvalue weighted by atomic mass is 32.2. The normalized spacial score (nSPS) is 13.3. The maximum Gasteiger partial charge on any atom is 0.263 e. The molecule has 0 saturated heterocycles. The van der Waals surface area contributed by atoms with Crippen molar-refractivity contribution in [2.75, 3.05) is 27.3 Å². The van der Waals surface area contributed by atoms with Crippen molar-refractivity contribution < 1.29 is 27.5 Å². The Morgan fingerprint density at radius 2 is 1.42 bits per heavy atom. The molecule has 9 heteroatoms. The Bertz CT molecular complexity index is 1430. The first-order valence-electron chi connectivity index (χ1n) is 11.3. The third-order valence-electron chi connectivity index (χ3n) is 5.79. The van der Waals surface area contributed by atoms with Gasteiger partial charge >= 0.3 is 0 Å². The number of carbonyl (C=O) groups excluding carboxylic acids is 2. The zero-order chi connectivity index (χ0) is 25.7. The summed E-state index contributed by atoms with van der Waals surface area (Å²) < 4.78 is 36.2. The van der Waals surface area contributed by atoms with Gasteiger partial charge in [-0.2, -0.15) is 0 Å². The molecule has 0 saturated carbocycles. The fourth-order valence-electron chi connectivity index (χ4n) is 3.98. The van der Waals surface area contributed by atoms with Crippen LogP contribution < -0.4 is 20.1 Å². The number of sulfone groups is 1. The van der Waals surface area contributed by atoms with E-state index in [2.05, 4.69) is 10.6 Å². The van der Waals surface area contributed by atoms with Gasteiger partial charge in [-0.25, -0.2) is 8.42 Å². The first-order valence-corrected chi connectivity index (χ1v) is 12.8. The number of amides is 2. The summed E-state index contributed by atoms with van der Waals surface area (Å²) in [6.07, 6.45) is 1.78. The molecule has 2 N–H and O–H groups in total. The molecule has 36 heavy (non-hydrogen) atoms. The molecule has 0 atom stereocenters. The number of hydrogen-bond acceptors (Lipinski definition) is 6. The molecule has 0 fully saturated rings. The summed E-state index contributed by atoms with van der Waals surface area (Å²) in [5.74, 6) is 0.0224. The predicted octanol–water partition coefficient (Wildman–Crippen LogP) is 3.44. The fraction of sp³-hybridized carbons (Fsp3) is 0.185. The van der Waals surface area contributed by atoms with Gasteiger partial charge in [-0.3, -0.25) is 9.59 Å². The van der Waals surface area contributed by atoms with Gasteiger partial charge in [0.1, 0.15) is 21.3 Å². The molecule has 0 radical (unpaired) electrons. The third-order valence-corrected chi connectivity index (χ3v) is 7.64. The van der Waals surface area contributed by atoms with Crippen LogP contribution in [0.1, 0.15) is 22.3 Å². The van der Waals surface area contributed by atoms with Crippen molar-refractivity contribution in [1.82, 2.24) is 10.6 Å². The Labute approximate surface area is 209 Å². The number of fused-ring (bicyclic) bond motifs is 1. The quantitative estimate of drug-likeness (QED) is 0.430. The number of benzene rings is 3. The van der Waals surface area contributed by atoms with Gasteiger partial charge in [-0.1, -0.05) is 42.5 Å². The third kappa shape index (κ3) is 4.96. The van der Waals surface area contributed by atoms with Gasteiger partial charge < -0.3 is 20.1 Å². The molecule has 4 rings (SSSR count). The molecule has 186 valence electrons. The monoisotopic (exact) mass is 506 g/mol. The van der Waals surface area contributed by atoms with Crippen molar-refractivity contribution in [3.05, 3.63) is 82.8 Å². The summed E-state index contributed by atoms with van der Waals surface area (Å²) in [4.78, 5) is 24.7. The standard InChI is InChI=1S/C27H26N2O6S/c1-34-22-9-4-3-8-21(22)18-11-13-19(14-12-18)26(30)28-15-6-16-29-27(31)24-17-20-7-5-10-23(35-2)25(20)36(24,32)33/h3-5,7-14,17H,6,15-16H2,1-2H3,(H,28,30)(H,29,31). The summed E-state index contributed by atoms with van der Waals surface area (Å²) in [5.41, 5.74) is 2.79. The van der Waals surface area contributed by atoms with Gasteiger partial charge in [-0.15, -0.1) is 0 Å². The topological polar surface area (TPSA) is 111 Å². The number of hydrogen-bond donors (Lipinski definition) is 2. The van der Waals surface area contributed by atoms with Crippen LogP contribution in [0, 0.1) is 0 Å². The van der Waals surface area contributed by atoms with Crippen LogP contribution in [-0.2, 0) is 14.6 Å². The average molecular weight is 507 g/mol. The van der Waals surface area contributed by atoms with Crippen LogP contribution in [0.2, 0.25) is 0 Å². The van der Waals surface area contributed by atoms with E-state index < -0.39 is 15.7 Å². The number of ether oxygens (including phenoxy) is 2. The number of rotatable bonds is 9. The van der Waals surface area contributed by atoms with E-state index in [0.29, 0.717) is 24.1 Å². The number of para-hydroxylation sites is 1. The molecule has 0 aliphatic carbocycles. The molecule has 0 aromatic heterocycles. The van der Waals surface area contributed by atoms with E-state index in [9.17, 15) is 18.0 Å². The number of carbonyl (C=O) groups is 2. The van der Waals surface area contributed by atoms with Gasteiger partial charge in [0.2, 0.25) is 9.84 Å². The van der Waals surface area contributed by atoms with Gasteiger partial charge in [-0.05, 0) is 47.9 Å². The van der Waals surface area contributed by atoms with E-state index in [0.717, 1.165) is 16.9 Å². The average Bonchev–Trinajstić information content (AvgIpc) is 3.19. The SMILES string of the molecule is COc1ccccc1-c1ccc(C(=O)NCCCNC(=O)C2=Cc3cccc(OC)c3S2(=O)=O)cc1. The Morgan fingerprint density at radius 3 is 2.11 bits per heavy atom. The second-order valence-corrected chi connectivity index (χ2v) is 9.89. The summed E-state index contributed by atoms with van der Waals surface area (Å²) in [7, 11) is -0.967. The molecule has 0 spiro atoms. The van der Waals surface area contributed by atoms with Crippen molar-refractivity contribution in [2.24, 2.45) is 0 Å². The van der Waals surface area contributed by atoms with Crippen LogP contribution >= 0.6 is 0 Å². The zero-order valence-corrected chi connectivity index (χ0v) is 20.7. The molecule has 1 aliphatic rings. The summed E-state index contributed by atoms with van der Waals surface area (Å²) in [6, 6.07) is 19.7. The van der Waals surface area contributed by atoms with Crippen molar-refractivity contribution in [3.8, 4) is 22.6 Å². The summed E-state index contributed by atoms with van der Waals surface area (Å²) >= 11 is 0. The second kappa shape index (κ2) is 10.7. The lowest BCUT2D eigenvalue weighted by molar-refractivity contribution is -0.116. The van der Waals surface area contributed by atoms with Crippen LogP contribution in [-0.4, -0.2) is 47.5 Å². The second-order valence-electron chi connectivity index (χ2n) is 8.03. The smallest absolute Gasteiger partial charge is 0.263 e. The van der Waals surface area contributed by atoms with Gasteiger partial charge in [0.25, 0.3) is 11.8 Å². The summed E-state index contributed by atoms with van der Waals surface area (Å²) in [5, 5.41) is 5.42. The predicted molar refractivity (Wildman–Crippen MR) is 137 cm³/mol. The Hall–Kier alpha value is -4.11. The molecular weight excluding hydrogens is 480 g/mol. The molecule has 3 aromatic carbocycles. The van der Waals surface area contributed by atoms with E-state index in [1.54, 1.807) is 37.4 Å². The van der Waals surface area contributed by atoms with E-state index in [1.165, 1.54) is 13.2 Å². The Kier molecular flexibility index (Phi) is 7.40. The van der Waals surface area contributed by atoms with E-state index in [1.807, 2.05) is 36.4 Å². The van der Waals surface area contributed by atoms with Crippen LogP contribution in [0.4, 0.5) is 0 Å². The maximum atomic E-state index is 12.8. The van der Waals surface area contributed by atoms with Gasteiger partial charge in [0, 0.05) is 24.2 Å². The first-order chi connectivity index (χ1) is 17.4. The highest BCUT2D eigenvalue weighted by Gasteiger charge is 2.36. The molecule has 1 aliphatic heterocycles. The Morgan fingerprint density at radius 1 is 0.778 bits per heavy atom. The molecular formula is C27H26N2O6S. The van der Waals surface area contributed by atoms with Gasteiger partial charge in [0.05, 0.1) is 14.2 Å². The van der Waals surface area contributed by atoms with E-state index in [4.69, 9.17) is 9.47 Å². The molecule has 3 aromatic rings. The summed E-state index contributed by atoms with van der Waals surface area (Å²) in [6.45, 7) is 0.513. The fourth-order valence-corrected chi connectivity index (χ4v) is 5.65. The minimum atomic E-state index is -3.96. The maximum absolute atomic E-state index is 12.8. The van der Waals surface area contributed by atoms with Crippen LogP contribution in [0.3, 0.4) is 0 Å². The first kappa shape index (κ1) is 25.0. The molecule has 0 unspecified atom stereocenters. The van der Waals surface area contributed by atoms with Crippen molar-refractivity contribution >= 4 is 27.7 Å². The lowest BCUT2D eigenvalue weighted by Gasteiger charge is -2.10. The highest BCUT2D eigenvalue weighted by Crippen LogP contribution is 2.39. The molecule has 2 amide bonds. The van der Waals surface area contributed by atoms with Crippen LogP contribution in [0.15, 0.2) is 76.5 Å². The highest BCUT2D eigenvalue weighted by molar-refractivity contribution is 7.97. The zero-order valence-electron chi connectivity index (χ0n) is 19.9. The molecule has 8 nitrogen and oxygen atoms in total. The van der Waals surface area contributed by atoms with Crippen LogP contribution in [0.5, 0.6) is 11.5 Å². The molecule has 1 heterocycles. The largest absolute Gasteiger partial charge is 0.496 e. The number of methoxy groups -OCH3 is 2. The minimum absolute atomic E-state index is 0.00152. The van der Waals surface area contributed by atoms with Crippen LogP contribution in [0.25, 0.3) is 17.2 Å². The van der Waals surface area contributed by atoms with Crippen molar-refractivity contribution in [3.63, 3.8) is 0 Å². The number of nitrogens with one attached hydrogen (secondary N) is 2. The minimum Gasteiger partial charge on any atom is -0.496 e. The lowest BCUT2D eigenvalue weighted by Crippen LogP contribution is -2.31. The van der Waals surface area contributed by atoms with Crippen molar-refractivity contribution in [1.29, 1.82) is 0 Å². The lowest BCUT2D eigenvalue weighted by atomic mass is 10.0. The van der Waals surface area contributed by atoms with E-state index in [-0.39, 0.29) is 28.0 Å². The van der Waals surface area contributed by atoms with Gasteiger partial charge in [0.15, 0.2) is 0 Å². The van der Waals surface area contributed by atoms with Crippen molar-refractivity contribution in [2.45, 2.75) is 11.3 Å². The van der Waals surface area contributed by atoms with E-state index >= 15 is 0 Å². The molecule has 0 bridgehead atoms.